The van der Waals surface area contributed by atoms with E-state index in [1.165, 1.54) is 0 Å². The number of pyridine rings is 1. The number of benzene rings is 1. The highest BCUT2D eigenvalue weighted by atomic mass is 16.5. The van der Waals surface area contributed by atoms with Crippen molar-refractivity contribution in [1.82, 2.24) is 14.8 Å². The third-order valence-corrected chi connectivity index (χ3v) is 5.24. The molecule has 0 saturated carbocycles. The zero-order valence-corrected chi connectivity index (χ0v) is 19.5. The number of carbonyl (C=O) groups is 1. The normalized spacial score (nSPS) is 10.9. The lowest BCUT2D eigenvalue weighted by Crippen LogP contribution is -2.13. The highest BCUT2D eigenvalue weighted by Gasteiger charge is 2.14. The van der Waals surface area contributed by atoms with Gasteiger partial charge in [0.2, 0.25) is 5.91 Å². The van der Waals surface area contributed by atoms with Crippen LogP contribution in [-0.4, -0.2) is 27.8 Å². The lowest BCUT2D eigenvalue weighted by atomic mass is 10.1. The van der Waals surface area contributed by atoms with Crippen molar-refractivity contribution in [2.75, 3.05) is 12.4 Å². The summed E-state index contributed by atoms with van der Waals surface area (Å²) in [5.74, 6) is 1.64. The first-order chi connectivity index (χ1) is 15.4. The summed E-state index contributed by atoms with van der Waals surface area (Å²) in [5, 5.41) is 7.60. The predicted molar refractivity (Wildman–Crippen MR) is 125 cm³/mol. The smallest absolute Gasteiger partial charge is 0.224 e. The van der Waals surface area contributed by atoms with Gasteiger partial charge >= 0.3 is 0 Å². The first-order valence-corrected chi connectivity index (χ1v) is 10.9. The average Bonchev–Trinajstić information content (AvgIpc) is 3.03. The molecule has 0 bridgehead atoms. The number of carbonyl (C=O) groups excluding carboxylic acids is 1. The quantitative estimate of drug-likeness (QED) is 0.498. The molecule has 3 rings (SSSR count). The fraction of sp³-hybridized carbons (Fsp3) is 0.400. The SMILES string of the molecule is COc1ccc(NC(=O)CCc2c(C)nn(CC(C)C)c2C)cc1OCc1cccnc1. The molecule has 7 heteroatoms. The maximum atomic E-state index is 12.6. The Hall–Kier alpha value is -3.35. The van der Waals surface area contributed by atoms with Gasteiger partial charge in [0.15, 0.2) is 11.5 Å². The molecule has 0 aliphatic carbocycles. The van der Waals surface area contributed by atoms with Crippen LogP contribution in [0.4, 0.5) is 5.69 Å². The molecule has 1 aromatic carbocycles. The molecule has 2 heterocycles. The van der Waals surface area contributed by atoms with Gasteiger partial charge in [0.1, 0.15) is 6.61 Å². The number of nitrogens with one attached hydrogen (secondary N) is 1. The molecule has 0 unspecified atom stereocenters. The lowest BCUT2D eigenvalue weighted by molar-refractivity contribution is -0.116. The molecule has 0 fully saturated rings. The van der Waals surface area contributed by atoms with E-state index in [2.05, 4.69) is 36.2 Å². The minimum atomic E-state index is -0.0521. The molecule has 0 spiro atoms. The van der Waals surface area contributed by atoms with Crippen molar-refractivity contribution in [2.45, 2.75) is 53.7 Å². The molecule has 1 N–H and O–H groups in total. The summed E-state index contributed by atoms with van der Waals surface area (Å²) in [7, 11) is 1.59. The van der Waals surface area contributed by atoms with Crippen molar-refractivity contribution in [3.8, 4) is 11.5 Å². The minimum Gasteiger partial charge on any atom is -0.493 e. The van der Waals surface area contributed by atoms with Crippen LogP contribution >= 0.6 is 0 Å². The predicted octanol–water partition coefficient (Wildman–Crippen LogP) is 4.71. The molecule has 0 aliphatic rings. The maximum Gasteiger partial charge on any atom is 0.224 e. The van der Waals surface area contributed by atoms with Gasteiger partial charge in [-0.1, -0.05) is 19.9 Å². The van der Waals surface area contributed by atoms with Crippen LogP contribution in [0.25, 0.3) is 0 Å². The minimum absolute atomic E-state index is 0.0521. The monoisotopic (exact) mass is 436 g/mol. The van der Waals surface area contributed by atoms with Crippen molar-refractivity contribution < 1.29 is 14.3 Å². The summed E-state index contributed by atoms with van der Waals surface area (Å²) in [6.07, 6.45) is 4.51. The van der Waals surface area contributed by atoms with Gasteiger partial charge in [-0.3, -0.25) is 14.5 Å². The van der Waals surface area contributed by atoms with E-state index in [1.54, 1.807) is 31.6 Å². The summed E-state index contributed by atoms with van der Waals surface area (Å²) in [4.78, 5) is 16.7. The standard InChI is InChI=1S/C25H32N4O3/c1-17(2)15-29-19(4)22(18(3)28-29)9-11-25(30)27-21-8-10-23(31-5)24(13-21)32-16-20-7-6-12-26-14-20/h6-8,10,12-14,17H,9,11,15-16H2,1-5H3,(H,27,30). The third-order valence-electron chi connectivity index (χ3n) is 5.24. The number of amides is 1. The van der Waals surface area contributed by atoms with E-state index in [0.717, 1.165) is 29.1 Å². The van der Waals surface area contributed by atoms with Crippen LogP contribution < -0.4 is 14.8 Å². The topological polar surface area (TPSA) is 78.3 Å². The van der Waals surface area contributed by atoms with E-state index in [-0.39, 0.29) is 5.91 Å². The summed E-state index contributed by atoms with van der Waals surface area (Å²) >= 11 is 0. The van der Waals surface area contributed by atoms with Gasteiger partial charge in [0.25, 0.3) is 0 Å². The number of aryl methyl sites for hydroxylation is 1. The molecule has 170 valence electrons. The Labute approximate surface area is 189 Å². The summed E-state index contributed by atoms with van der Waals surface area (Å²) in [6, 6.07) is 9.19. The molecular formula is C25H32N4O3. The van der Waals surface area contributed by atoms with Crippen LogP contribution in [0.5, 0.6) is 11.5 Å². The van der Waals surface area contributed by atoms with E-state index in [4.69, 9.17) is 9.47 Å². The number of methoxy groups -OCH3 is 1. The lowest BCUT2D eigenvalue weighted by Gasteiger charge is -2.13. The van der Waals surface area contributed by atoms with Gasteiger partial charge in [-0.25, -0.2) is 0 Å². The van der Waals surface area contributed by atoms with Crippen LogP contribution in [0, 0.1) is 19.8 Å². The Morgan fingerprint density at radius 2 is 2.00 bits per heavy atom. The van der Waals surface area contributed by atoms with Crippen LogP contribution in [0.2, 0.25) is 0 Å². The number of aromatic nitrogens is 3. The first-order valence-electron chi connectivity index (χ1n) is 10.9. The van der Waals surface area contributed by atoms with Crippen LogP contribution in [-0.2, 0) is 24.4 Å². The summed E-state index contributed by atoms with van der Waals surface area (Å²) in [6.45, 7) is 9.67. The molecule has 0 saturated heterocycles. The fourth-order valence-electron chi connectivity index (χ4n) is 3.59. The molecule has 0 atom stereocenters. The summed E-state index contributed by atoms with van der Waals surface area (Å²) in [5.41, 5.74) is 4.90. The number of nitrogens with zero attached hydrogens (tertiary/aromatic N) is 3. The number of hydrogen-bond donors (Lipinski definition) is 1. The number of hydrogen-bond acceptors (Lipinski definition) is 5. The second-order valence-electron chi connectivity index (χ2n) is 8.29. The molecule has 0 radical (unpaired) electrons. The van der Waals surface area contributed by atoms with Crippen LogP contribution in [0.3, 0.4) is 0 Å². The Balaban J connectivity index is 1.62. The number of rotatable bonds is 10. The van der Waals surface area contributed by atoms with Crippen molar-refractivity contribution in [3.05, 3.63) is 65.2 Å². The summed E-state index contributed by atoms with van der Waals surface area (Å²) < 4.78 is 13.3. The largest absolute Gasteiger partial charge is 0.493 e. The van der Waals surface area contributed by atoms with Gasteiger partial charge in [0.05, 0.1) is 12.8 Å². The van der Waals surface area contributed by atoms with Gasteiger partial charge in [-0.2, -0.15) is 5.10 Å². The zero-order chi connectivity index (χ0) is 23.1. The molecule has 2 aromatic heterocycles. The van der Waals surface area contributed by atoms with E-state index >= 15 is 0 Å². The fourth-order valence-corrected chi connectivity index (χ4v) is 3.59. The molecule has 1 amide bonds. The molecule has 7 nitrogen and oxygen atoms in total. The van der Waals surface area contributed by atoms with E-state index in [0.29, 0.717) is 42.6 Å². The van der Waals surface area contributed by atoms with Crippen LogP contribution in [0.1, 0.15) is 42.8 Å². The number of anilines is 1. The van der Waals surface area contributed by atoms with E-state index in [1.807, 2.05) is 29.8 Å². The highest BCUT2D eigenvalue weighted by molar-refractivity contribution is 5.91. The molecular weight excluding hydrogens is 404 g/mol. The highest BCUT2D eigenvalue weighted by Crippen LogP contribution is 2.31. The zero-order valence-electron chi connectivity index (χ0n) is 19.5. The Morgan fingerprint density at radius 1 is 1.19 bits per heavy atom. The van der Waals surface area contributed by atoms with Crippen molar-refractivity contribution in [2.24, 2.45) is 5.92 Å². The maximum absolute atomic E-state index is 12.6. The van der Waals surface area contributed by atoms with Gasteiger partial charge < -0.3 is 14.8 Å². The van der Waals surface area contributed by atoms with Crippen molar-refractivity contribution >= 4 is 11.6 Å². The Bertz CT molecular complexity index is 1040. The van der Waals surface area contributed by atoms with Gasteiger partial charge in [0, 0.05) is 48.4 Å². The van der Waals surface area contributed by atoms with Crippen molar-refractivity contribution in [1.29, 1.82) is 0 Å². The number of ether oxygens (including phenoxy) is 2. The molecule has 32 heavy (non-hydrogen) atoms. The second-order valence-corrected chi connectivity index (χ2v) is 8.29. The Kier molecular flexibility index (Phi) is 7.87. The van der Waals surface area contributed by atoms with Gasteiger partial charge in [-0.15, -0.1) is 0 Å². The van der Waals surface area contributed by atoms with Crippen molar-refractivity contribution in [3.63, 3.8) is 0 Å². The van der Waals surface area contributed by atoms with Gasteiger partial charge in [-0.05, 0) is 49.9 Å². The third kappa shape index (κ3) is 6.09. The van der Waals surface area contributed by atoms with Crippen LogP contribution in [0.15, 0.2) is 42.7 Å². The molecule has 3 aromatic rings. The van der Waals surface area contributed by atoms with E-state index < -0.39 is 0 Å². The second kappa shape index (κ2) is 10.8. The average molecular weight is 437 g/mol. The first kappa shape index (κ1) is 23.3. The molecule has 0 aliphatic heterocycles. The Morgan fingerprint density at radius 3 is 2.69 bits per heavy atom. The van der Waals surface area contributed by atoms with E-state index in [9.17, 15) is 4.79 Å².